The molecule has 0 aromatic heterocycles. The highest BCUT2D eigenvalue weighted by Crippen LogP contribution is 2.46. The lowest BCUT2D eigenvalue weighted by atomic mass is 9.82. The van der Waals surface area contributed by atoms with Crippen molar-refractivity contribution in [1.29, 1.82) is 0 Å². The van der Waals surface area contributed by atoms with E-state index >= 15 is 0 Å². The Labute approximate surface area is 267 Å². The van der Waals surface area contributed by atoms with Crippen molar-refractivity contribution in [3.63, 3.8) is 0 Å². The summed E-state index contributed by atoms with van der Waals surface area (Å²) in [6, 6.07) is 8.15. The van der Waals surface area contributed by atoms with Gasteiger partial charge in [-0.3, -0.25) is 29.0 Å². The van der Waals surface area contributed by atoms with E-state index in [1.807, 2.05) is 0 Å². The first kappa shape index (κ1) is 30.2. The molecule has 0 spiro atoms. The number of carboxylic acids is 4. The van der Waals surface area contributed by atoms with Crippen molar-refractivity contribution in [2.45, 2.75) is 37.8 Å². The van der Waals surface area contributed by atoms with E-state index in [9.17, 15) is 58.8 Å². The third kappa shape index (κ3) is 4.11. The first-order chi connectivity index (χ1) is 22.8. The summed E-state index contributed by atoms with van der Waals surface area (Å²) in [6.45, 7) is 0. The molecular formula is C34H18N2O12-4. The second-order valence-corrected chi connectivity index (χ2v) is 11.6. The topological polar surface area (TPSA) is 235 Å². The van der Waals surface area contributed by atoms with Crippen molar-refractivity contribution >= 4 is 90.6 Å². The van der Waals surface area contributed by atoms with Crippen LogP contribution in [-0.2, 0) is 19.2 Å². The van der Waals surface area contributed by atoms with Gasteiger partial charge in [-0.05, 0) is 82.3 Å². The van der Waals surface area contributed by atoms with Crippen LogP contribution >= 0.6 is 0 Å². The van der Waals surface area contributed by atoms with Crippen molar-refractivity contribution in [2.75, 3.05) is 0 Å². The number of imide groups is 2. The minimum Gasteiger partial charge on any atom is -0.550 e. The summed E-state index contributed by atoms with van der Waals surface area (Å²) in [7, 11) is 0. The predicted octanol–water partition coefficient (Wildman–Crippen LogP) is -1.77. The van der Waals surface area contributed by atoms with Crippen molar-refractivity contribution in [1.82, 2.24) is 9.80 Å². The summed E-state index contributed by atoms with van der Waals surface area (Å²) in [4.78, 5) is 102. The number of hydrogen-bond donors (Lipinski definition) is 0. The van der Waals surface area contributed by atoms with Crippen LogP contribution in [0.1, 0.15) is 67.1 Å². The van der Waals surface area contributed by atoms with Gasteiger partial charge in [0.2, 0.25) is 0 Å². The van der Waals surface area contributed by atoms with Crippen molar-refractivity contribution < 1.29 is 58.8 Å². The molecule has 2 unspecified atom stereocenters. The molecule has 0 aliphatic carbocycles. The minimum absolute atomic E-state index is 0.00942. The molecule has 0 fully saturated rings. The van der Waals surface area contributed by atoms with Gasteiger partial charge in [0.25, 0.3) is 23.6 Å². The van der Waals surface area contributed by atoms with Gasteiger partial charge in [0.1, 0.15) is 0 Å². The van der Waals surface area contributed by atoms with Gasteiger partial charge in [0.15, 0.2) is 0 Å². The van der Waals surface area contributed by atoms with Crippen LogP contribution in [-0.4, -0.2) is 69.4 Å². The van der Waals surface area contributed by atoms with Crippen molar-refractivity contribution in [2.24, 2.45) is 0 Å². The third-order valence-corrected chi connectivity index (χ3v) is 9.11. The standard InChI is InChI=1S/C34H22N2O12/c37-23(38)11-9-21(33(45)46)35-29(41)17-5-1-13-14-2-6-19-28-20(32(44)36(31(19)43)22(34(47)48)10-12-24(39)40)8-4-16(26(14)28)15-3-7-18(30(35)42)27(17)25(13)15/h1-8,21-22H,9-12H2,(H,37,38)(H,39,40)(H,45,46)(H,47,48)/p-4. The number of nitrogens with zero attached hydrogens (tertiary/aromatic N) is 2. The van der Waals surface area contributed by atoms with Crippen LogP contribution in [0, 0.1) is 0 Å². The lowest BCUT2D eigenvalue weighted by molar-refractivity contribution is -0.314. The molecule has 0 saturated heterocycles. The van der Waals surface area contributed by atoms with Crippen LogP contribution in [0.25, 0.3) is 43.1 Å². The van der Waals surface area contributed by atoms with Crippen LogP contribution in [0.15, 0.2) is 48.5 Å². The fourth-order valence-electron chi connectivity index (χ4n) is 7.09. The van der Waals surface area contributed by atoms with Crippen LogP contribution in [0.2, 0.25) is 0 Å². The number of amides is 4. The normalized spacial score (nSPS) is 15.6. The second kappa shape index (κ2) is 10.6. The molecule has 4 amide bonds. The molecule has 2 aliphatic rings. The number of benzene rings is 5. The van der Waals surface area contributed by atoms with Gasteiger partial charge in [0, 0.05) is 45.0 Å². The van der Waals surface area contributed by atoms with E-state index in [2.05, 4.69) is 0 Å². The molecule has 0 bridgehead atoms. The molecule has 14 nitrogen and oxygen atoms in total. The van der Waals surface area contributed by atoms with Crippen LogP contribution in [0.5, 0.6) is 0 Å². The Morgan fingerprint density at radius 3 is 0.958 bits per heavy atom. The Kier molecular flexibility index (Phi) is 6.64. The first-order valence-corrected chi connectivity index (χ1v) is 14.6. The summed E-state index contributed by atoms with van der Waals surface area (Å²) < 4.78 is 0. The number of carbonyl (C=O) groups excluding carboxylic acids is 8. The average Bonchev–Trinajstić information content (AvgIpc) is 3.04. The number of carbonyl (C=O) groups is 8. The molecule has 2 aliphatic heterocycles. The Morgan fingerprint density at radius 1 is 0.458 bits per heavy atom. The largest absolute Gasteiger partial charge is 0.550 e. The number of rotatable bonds is 10. The molecule has 7 rings (SSSR count). The van der Waals surface area contributed by atoms with E-state index in [1.165, 1.54) is 24.3 Å². The molecule has 14 heteroatoms. The maximum atomic E-state index is 13.7. The van der Waals surface area contributed by atoms with Crippen LogP contribution in [0.4, 0.5) is 0 Å². The summed E-state index contributed by atoms with van der Waals surface area (Å²) in [5.74, 6) is -10.6. The highest BCUT2D eigenvalue weighted by molar-refractivity contribution is 6.41. The molecule has 0 radical (unpaired) electrons. The van der Waals surface area contributed by atoms with Crippen molar-refractivity contribution in [3.8, 4) is 0 Å². The van der Waals surface area contributed by atoms with Crippen LogP contribution < -0.4 is 20.4 Å². The second-order valence-electron chi connectivity index (χ2n) is 11.6. The van der Waals surface area contributed by atoms with Gasteiger partial charge < -0.3 is 39.6 Å². The highest BCUT2D eigenvalue weighted by atomic mass is 16.4. The number of fused-ring (bicyclic) bond motifs is 2. The fourth-order valence-corrected chi connectivity index (χ4v) is 7.09. The van der Waals surface area contributed by atoms with E-state index in [4.69, 9.17) is 0 Å². The molecule has 5 aromatic carbocycles. The molecular weight excluding hydrogens is 628 g/mol. The monoisotopic (exact) mass is 646 g/mol. The van der Waals surface area contributed by atoms with Crippen molar-refractivity contribution in [3.05, 3.63) is 70.8 Å². The summed E-state index contributed by atoms with van der Waals surface area (Å²) in [5.41, 5.74) is -0.0377. The molecule has 2 atom stereocenters. The lowest BCUT2D eigenvalue weighted by Crippen LogP contribution is -2.55. The maximum absolute atomic E-state index is 13.7. The predicted molar refractivity (Wildman–Crippen MR) is 155 cm³/mol. The lowest BCUT2D eigenvalue weighted by Gasteiger charge is -2.35. The van der Waals surface area contributed by atoms with E-state index in [0.717, 1.165) is 0 Å². The zero-order valence-corrected chi connectivity index (χ0v) is 24.4. The molecule has 2 heterocycles. The van der Waals surface area contributed by atoms with E-state index in [-0.39, 0.29) is 33.0 Å². The van der Waals surface area contributed by atoms with Gasteiger partial charge in [-0.2, -0.15) is 0 Å². The molecule has 48 heavy (non-hydrogen) atoms. The Hall–Kier alpha value is -6.44. The Morgan fingerprint density at radius 2 is 0.729 bits per heavy atom. The zero-order chi connectivity index (χ0) is 34.3. The highest BCUT2D eigenvalue weighted by Gasteiger charge is 2.41. The Balaban J connectivity index is 1.44. The third-order valence-electron chi connectivity index (χ3n) is 9.11. The van der Waals surface area contributed by atoms with E-state index in [1.54, 1.807) is 24.3 Å². The zero-order valence-electron chi connectivity index (χ0n) is 24.4. The van der Waals surface area contributed by atoms with Gasteiger partial charge in [-0.25, -0.2) is 0 Å². The summed E-state index contributed by atoms with van der Waals surface area (Å²) in [5, 5.41) is 49.5. The molecule has 240 valence electrons. The average molecular weight is 647 g/mol. The number of carboxylic acid groups (broad SMARTS) is 4. The number of hydrogen-bond acceptors (Lipinski definition) is 12. The smallest absolute Gasteiger partial charge is 0.262 e. The fraction of sp³-hybridized carbons (Fsp3) is 0.176. The van der Waals surface area contributed by atoms with Crippen LogP contribution in [0.3, 0.4) is 0 Å². The first-order valence-electron chi connectivity index (χ1n) is 14.6. The summed E-state index contributed by atoms with van der Waals surface area (Å²) >= 11 is 0. The van der Waals surface area contributed by atoms with Gasteiger partial charge in [-0.15, -0.1) is 0 Å². The van der Waals surface area contributed by atoms with Gasteiger partial charge in [-0.1, -0.05) is 24.3 Å². The Bertz CT molecular complexity index is 2090. The summed E-state index contributed by atoms with van der Waals surface area (Å²) in [6.07, 6.45) is -2.72. The quantitative estimate of drug-likeness (QED) is 0.0931. The minimum atomic E-state index is -1.87. The van der Waals surface area contributed by atoms with Gasteiger partial charge >= 0.3 is 0 Å². The van der Waals surface area contributed by atoms with E-state index < -0.39 is 85.3 Å². The number of aliphatic carboxylic acids is 4. The maximum Gasteiger partial charge on any atom is 0.262 e. The van der Waals surface area contributed by atoms with Gasteiger partial charge in [0.05, 0.1) is 24.0 Å². The molecule has 0 N–H and O–H groups in total. The SMILES string of the molecule is O=C([O-])CCC(C(=O)[O-])N1C(=O)c2ccc3c4ccc5c6c(ccc(c7ccc(c2c37)C1=O)c64)C(=O)N(C(CCC(=O)[O-])C(=O)[O-])C5=O. The molecule has 5 aromatic rings. The molecule has 0 saturated carbocycles. The van der Waals surface area contributed by atoms with E-state index in [0.29, 0.717) is 42.1 Å².